The van der Waals surface area contributed by atoms with Crippen LogP contribution in [0, 0.1) is 11.3 Å². The largest absolute Gasteiger partial charge is 0.438 e. The zero-order chi connectivity index (χ0) is 16.8. The lowest BCUT2D eigenvalue weighted by atomic mass is 9.89. The van der Waals surface area contributed by atoms with Crippen LogP contribution < -0.4 is 21.3 Å². The molecule has 0 spiro atoms. The molecule has 0 fully saturated rings. The van der Waals surface area contributed by atoms with Crippen LogP contribution in [0.4, 0.5) is 5.13 Å². The summed E-state index contributed by atoms with van der Waals surface area (Å²) < 4.78 is 6.37. The van der Waals surface area contributed by atoms with Gasteiger partial charge in [-0.15, -0.1) is 11.3 Å². The average molecular weight is 357 g/mol. The van der Waals surface area contributed by atoms with Crippen LogP contribution in [0.25, 0.3) is 10.3 Å². The number of hydrogen-bond acceptors (Lipinski definition) is 8. The van der Waals surface area contributed by atoms with Crippen LogP contribution in [-0.4, -0.2) is 17.0 Å². The highest BCUT2D eigenvalue weighted by Gasteiger charge is 2.35. The zero-order valence-corrected chi connectivity index (χ0v) is 14.0. The Balaban J connectivity index is 2.08. The van der Waals surface area contributed by atoms with E-state index in [-0.39, 0.29) is 17.0 Å². The molecule has 0 aliphatic carbocycles. The molecule has 9 heteroatoms. The molecule has 0 amide bonds. The lowest BCUT2D eigenvalue weighted by molar-refractivity contribution is 0.398. The Hall–Kier alpha value is -2.83. The second-order valence-electron chi connectivity index (χ2n) is 5.08. The minimum atomic E-state index is -0.535. The van der Waals surface area contributed by atoms with Crippen molar-refractivity contribution in [1.29, 1.82) is 5.26 Å². The molecule has 4 heterocycles. The number of nitrogens with two attached hydrogens (primary N) is 1. The molecule has 4 N–H and O–H groups in total. The van der Waals surface area contributed by atoms with Crippen LogP contribution in [0.5, 0.6) is 5.75 Å². The molecule has 1 aliphatic rings. The number of thiophene rings is 1. The molecule has 0 radical (unpaired) electrons. The van der Waals surface area contributed by atoms with Gasteiger partial charge in [0.1, 0.15) is 16.3 Å². The lowest BCUT2D eigenvalue weighted by Crippen LogP contribution is -2.27. The number of pyridine rings is 1. The fourth-order valence-corrected chi connectivity index (χ4v) is 4.45. The molecule has 7 nitrogen and oxygen atoms in total. The number of nitrogens with one attached hydrogen (secondary N) is 2. The number of anilines is 1. The number of rotatable bonds is 2. The summed E-state index contributed by atoms with van der Waals surface area (Å²) >= 11 is 2.82. The van der Waals surface area contributed by atoms with Crippen molar-refractivity contribution in [3.63, 3.8) is 0 Å². The van der Waals surface area contributed by atoms with E-state index in [1.807, 2.05) is 17.5 Å². The van der Waals surface area contributed by atoms with Gasteiger partial charge in [-0.2, -0.15) is 5.26 Å². The van der Waals surface area contributed by atoms with Crippen LogP contribution in [0.2, 0.25) is 0 Å². The minimum absolute atomic E-state index is 0.0229. The Labute approximate surface area is 144 Å². The van der Waals surface area contributed by atoms with Crippen LogP contribution in [0.1, 0.15) is 16.4 Å². The fraction of sp³-hybridized carbons (Fsp3) is 0.133. The van der Waals surface area contributed by atoms with E-state index < -0.39 is 5.92 Å². The molecule has 0 saturated heterocycles. The van der Waals surface area contributed by atoms with Crippen LogP contribution >= 0.6 is 22.7 Å². The molecule has 120 valence electrons. The van der Waals surface area contributed by atoms with Gasteiger partial charge in [-0.05, 0) is 11.4 Å². The third-order valence-electron chi connectivity index (χ3n) is 3.77. The van der Waals surface area contributed by atoms with E-state index >= 15 is 0 Å². The van der Waals surface area contributed by atoms with Gasteiger partial charge in [-0.1, -0.05) is 17.4 Å². The second kappa shape index (κ2) is 5.36. The molecule has 0 unspecified atom stereocenters. The van der Waals surface area contributed by atoms with Gasteiger partial charge in [-0.25, -0.2) is 4.98 Å². The predicted molar refractivity (Wildman–Crippen MR) is 93.4 cm³/mol. The van der Waals surface area contributed by atoms with Crippen LogP contribution in [0.15, 0.2) is 33.8 Å². The van der Waals surface area contributed by atoms with E-state index in [0.29, 0.717) is 26.8 Å². The lowest BCUT2D eigenvalue weighted by Gasteiger charge is -2.24. The number of aromatic nitrogens is 2. The van der Waals surface area contributed by atoms with Gasteiger partial charge < -0.3 is 20.8 Å². The maximum absolute atomic E-state index is 12.7. The molecule has 1 aliphatic heterocycles. The molecule has 1 atom stereocenters. The van der Waals surface area contributed by atoms with Crippen molar-refractivity contribution < 1.29 is 4.74 Å². The third kappa shape index (κ3) is 2.01. The number of hydrogen-bond donors (Lipinski definition) is 3. The van der Waals surface area contributed by atoms with Crippen molar-refractivity contribution in [3.8, 4) is 11.8 Å². The normalized spacial score (nSPS) is 16.6. The number of nitriles is 1. The third-order valence-corrected chi connectivity index (χ3v) is 5.78. The average Bonchev–Trinajstić information content (AvgIpc) is 3.23. The van der Waals surface area contributed by atoms with Crippen molar-refractivity contribution in [2.45, 2.75) is 5.92 Å². The van der Waals surface area contributed by atoms with Gasteiger partial charge >= 0.3 is 0 Å². The fourth-order valence-electron chi connectivity index (χ4n) is 2.74. The van der Waals surface area contributed by atoms with E-state index in [4.69, 9.17) is 10.5 Å². The van der Waals surface area contributed by atoms with Gasteiger partial charge in [0.05, 0.1) is 11.5 Å². The number of ether oxygens (including phenoxy) is 1. The van der Waals surface area contributed by atoms with Gasteiger partial charge in [-0.3, -0.25) is 4.79 Å². The summed E-state index contributed by atoms with van der Waals surface area (Å²) in [5, 5.41) is 15.0. The van der Waals surface area contributed by atoms with E-state index in [9.17, 15) is 10.1 Å². The summed E-state index contributed by atoms with van der Waals surface area (Å²) in [5.41, 5.74) is 6.72. The summed E-state index contributed by atoms with van der Waals surface area (Å²) in [6.07, 6.45) is 0. The molecular formula is C15H11N5O2S2. The quantitative estimate of drug-likeness (QED) is 0.648. The van der Waals surface area contributed by atoms with Crippen LogP contribution in [-0.2, 0) is 0 Å². The highest BCUT2D eigenvalue weighted by Crippen LogP contribution is 2.45. The monoisotopic (exact) mass is 357 g/mol. The summed E-state index contributed by atoms with van der Waals surface area (Å²) in [4.78, 5) is 20.6. The summed E-state index contributed by atoms with van der Waals surface area (Å²) in [6.45, 7) is 0. The summed E-state index contributed by atoms with van der Waals surface area (Å²) in [7, 11) is 1.75. The van der Waals surface area contributed by atoms with Crippen molar-refractivity contribution in [2.75, 3.05) is 12.4 Å². The SMILES string of the molecule is CNc1nc2[nH]c(=O)c3c(c2s1)OC(N)=C(C#N)[C@@H]3c1cccs1. The first-order valence-electron chi connectivity index (χ1n) is 6.99. The van der Waals surface area contributed by atoms with Crippen molar-refractivity contribution in [2.24, 2.45) is 5.73 Å². The Morgan fingerprint density at radius 3 is 3.04 bits per heavy atom. The number of fused-ring (bicyclic) bond motifs is 3. The predicted octanol–water partition coefficient (Wildman–Crippen LogP) is 2.31. The molecule has 3 aromatic rings. The highest BCUT2D eigenvalue weighted by atomic mass is 32.1. The smallest absolute Gasteiger partial charge is 0.257 e. The van der Waals surface area contributed by atoms with Crippen molar-refractivity contribution in [1.82, 2.24) is 9.97 Å². The standard InChI is InChI=1S/C15H11N5O2S2/c1-18-15-20-13-11(24-15)10-9(14(21)19-13)8(7-3-2-4-23-7)6(5-16)12(17)22-10/h2-4,8H,17H2,1H3,(H2,18,19,20,21)/t8-/m1/s1. The maximum atomic E-state index is 12.7. The molecule has 3 aromatic heterocycles. The topological polar surface area (TPSA) is 117 Å². The van der Waals surface area contributed by atoms with Crippen molar-refractivity contribution >= 4 is 38.2 Å². The summed E-state index contributed by atoms with van der Waals surface area (Å²) in [6, 6.07) is 5.84. The number of aromatic amines is 1. The molecule has 0 aromatic carbocycles. The van der Waals surface area contributed by atoms with Crippen molar-refractivity contribution in [3.05, 3.63) is 49.8 Å². The summed E-state index contributed by atoms with van der Waals surface area (Å²) in [5.74, 6) is -0.135. The second-order valence-corrected chi connectivity index (χ2v) is 7.06. The Kier molecular flexibility index (Phi) is 3.30. The first-order chi connectivity index (χ1) is 11.6. The van der Waals surface area contributed by atoms with Gasteiger partial charge in [0.15, 0.2) is 16.5 Å². The molecule has 24 heavy (non-hydrogen) atoms. The number of nitrogens with zero attached hydrogens (tertiary/aromatic N) is 2. The maximum Gasteiger partial charge on any atom is 0.257 e. The van der Waals surface area contributed by atoms with Crippen LogP contribution in [0.3, 0.4) is 0 Å². The van der Waals surface area contributed by atoms with E-state index in [1.54, 1.807) is 7.05 Å². The zero-order valence-electron chi connectivity index (χ0n) is 12.4. The van der Waals surface area contributed by atoms with Gasteiger partial charge in [0, 0.05) is 11.9 Å². The van der Waals surface area contributed by atoms with E-state index in [2.05, 4.69) is 21.4 Å². The highest BCUT2D eigenvalue weighted by molar-refractivity contribution is 7.22. The van der Waals surface area contributed by atoms with E-state index in [0.717, 1.165) is 4.88 Å². The Morgan fingerprint density at radius 1 is 1.54 bits per heavy atom. The Bertz CT molecular complexity index is 1070. The van der Waals surface area contributed by atoms with E-state index in [1.165, 1.54) is 22.7 Å². The molecular weight excluding hydrogens is 346 g/mol. The molecule has 4 rings (SSSR count). The minimum Gasteiger partial charge on any atom is -0.438 e. The molecule has 0 bridgehead atoms. The first kappa shape index (κ1) is 14.7. The van der Waals surface area contributed by atoms with Gasteiger partial charge in [0.25, 0.3) is 5.56 Å². The number of thiazole rings is 1. The Morgan fingerprint density at radius 2 is 2.38 bits per heavy atom. The van der Waals surface area contributed by atoms with Gasteiger partial charge in [0.2, 0.25) is 5.88 Å². The number of allylic oxidation sites excluding steroid dienone is 1. The molecule has 0 saturated carbocycles. The first-order valence-corrected chi connectivity index (χ1v) is 8.69. The number of H-pyrrole nitrogens is 1.